The second kappa shape index (κ2) is 8.20. The van der Waals surface area contributed by atoms with Crippen molar-refractivity contribution >= 4 is 39.3 Å². The van der Waals surface area contributed by atoms with Gasteiger partial charge in [-0.2, -0.15) is 0 Å². The van der Waals surface area contributed by atoms with Crippen LogP contribution in [-0.2, 0) is 14.8 Å². The van der Waals surface area contributed by atoms with E-state index in [0.717, 1.165) is 4.31 Å². The number of aromatic carboxylic acids is 1. The quantitative estimate of drug-likeness (QED) is 0.707. The van der Waals surface area contributed by atoms with Crippen LogP contribution in [0, 0.1) is 0 Å². The first-order valence-corrected chi connectivity index (χ1v) is 9.37. The summed E-state index contributed by atoms with van der Waals surface area (Å²) in [7, 11) is -3.97. The molecule has 7 nitrogen and oxygen atoms in total. The molecule has 0 bridgehead atoms. The number of carboxylic acids is 2. The van der Waals surface area contributed by atoms with E-state index in [1.54, 1.807) is 0 Å². The topological polar surface area (TPSA) is 112 Å². The lowest BCUT2D eigenvalue weighted by atomic mass is 10.2. The molecule has 0 radical (unpaired) electrons. The molecule has 0 spiro atoms. The molecule has 9 heteroatoms. The lowest BCUT2D eigenvalue weighted by Crippen LogP contribution is -2.32. The van der Waals surface area contributed by atoms with Crippen LogP contribution in [0.25, 0.3) is 0 Å². The number of aliphatic carboxylic acids is 1. The van der Waals surface area contributed by atoms with Gasteiger partial charge in [-0.3, -0.25) is 9.10 Å². The summed E-state index contributed by atoms with van der Waals surface area (Å²) in [6.45, 7) is -0.0658. The Bertz CT molecular complexity index is 894. The number of anilines is 1. The van der Waals surface area contributed by atoms with E-state index in [4.69, 9.17) is 21.8 Å². The van der Waals surface area contributed by atoms with Crippen LogP contribution >= 0.6 is 11.6 Å². The molecule has 26 heavy (non-hydrogen) atoms. The molecule has 0 amide bonds. The number of sulfonamides is 1. The third-order valence-electron chi connectivity index (χ3n) is 3.56. The Morgan fingerprint density at radius 1 is 0.962 bits per heavy atom. The zero-order chi connectivity index (χ0) is 19.3. The first-order valence-electron chi connectivity index (χ1n) is 7.55. The van der Waals surface area contributed by atoms with Gasteiger partial charge >= 0.3 is 11.9 Å². The van der Waals surface area contributed by atoms with Crippen LogP contribution in [0.4, 0.5) is 5.69 Å². The summed E-state index contributed by atoms with van der Waals surface area (Å²) in [6, 6.07) is 10.9. The minimum absolute atomic E-state index is 0.000430. The van der Waals surface area contributed by atoms with Gasteiger partial charge in [-0.05, 0) is 55.0 Å². The SMILES string of the molecule is O=C(O)CCCN(c1ccc(C(=O)O)cc1)S(=O)(=O)c1ccc(Cl)cc1. The van der Waals surface area contributed by atoms with E-state index < -0.39 is 22.0 Å². The van der Waals surface area contributed by atoms with E-state index in [2.05, 4.69) is 0 Å². The van der Waals surface area contributed by atoms with Gasteiger partial charge in [0.05, 0.1) is 16.1 Å². The van der Waals surface area contributed by atoms with Gasteiger partial charge < -0.3 is 10.2 Å². The molecule has 0 atom stereocenters. The fourth-order valence-corrected chi connectivity index (χ4v) is 3.90. The zero-order valence-corrected chi connectivity index (χ0v) is 15.1. The molecule has 2 rings (SSSR count). The lowest BCUT2D eigenvalue weighted by Gasteiger charge is -2.24. The van der Waals surface area contributed by atoms with Crippen LogP contribution in [0.1, 0.15) is 23.2 Å². The Balaban J connectivity index is 2.40. The number of carboxylic acid groups (broad SMARTS) is 2. The van der Waals surface area contributed by atoms with E-state index in [0.29, 0.717) is 5.02 Å². The summed E-state index contributed by atoms with van der Waals surface area (Å²) in [4.78, 5) is 21.7. The molecule has 0 saturated heterocycles. The molecule has 0 aliphatic rings. The Morgan fingerprint density at radius 3 is 2.04 bits per heavy atom. The van der Waals surface area contributed by atoms with Gasteiger partial charge in [-0.15, -0.1) is 0 Å². The van der Waals surface area contributed by atoms with Crippen LogP contribution in [-0.4, -0.2) is 37.1 Å². The average molecular weight is 398 g/mol. The standard InChI is InChI=1S/C17H16ClNO6S/c18-13-5-9-15(10-6-13)26(24,25)19(11-1-2-16(20)21)14-7-3-12(4-8-14)17(22)23/h3-10H,1-2,11H2,(H,20,21)(H,22,23). The molecule has 2 aromatic carbocycles. The largest absolute Gasteiger partial charge is 0.481 e. The monoisotopic (exact) mass is 397 g/mol. The third-order valence-corrected chi connectivity index (χ3v) is 5.65. The minimum Gasteiger partial charge on any atom is -0.481 e. The lowest BCUT2D eigenvalue weighted by molar-refractivity contribution is -0.137. The van der Waals surface area contributed by atoms with E-state index in [-0.39, 0.29) is 35.5 Å². The van der Waals surface area contributed by atoms with Gasteiger partial charge in [0.15, 0.2) is 0 Å². The van der Waals surface area contributed by atoms with Crippen LogP contribution in [0.15, 0.2) is 53.4 Å². The molecule has 0 aliphatic heterocycles. The molecule has 0 saturated carbocycles. The van der Waals surface area contributed by atoms with Crippen molar-refractivity contribution in [1.82, 2.24) is 0 Å². The third kappa shape index (κ3) is 4.74. The van der Waals surface area contributed by atoms with Gasteiger partial charge in [-0.25, -0.2) is 13.2 Å². The van der Waals surface area contributed by atoms with Gasteiger partial charge in [0.25, 0.3) is 10.0 Å². The molecule has 0 unspecified atom stereocenters. The van der Waals surface area contributed by atoms with E-state index in [1.807, 2.05) is 0 Å². The molecular formula is C17H16ClNO6S. The maximum atomic E-state index is 13.0. The fourth-order valence-electron chi connectivity index (χ4n) is 2.27. The number of halogens is 1. The first-order chi connectivity index (χ1) is 12.2. The molecular weight excluding hydrogens is 382 g/mol. The van der Waals surface area contributed by atoms with Crippen molar-refractivity contribution in [2.45, 2.75) is 17.7 Å². The van der Waals surface area contributed by atoms with Crippen molar-refractivity contribution in [3.05, 3.63) is 59.1 Å². The summed E-state index contributed by atoms with van der Waals surface area (Å²) < 4.78 is 27.0. The molecule has 2 aromatic rings. The second-order valence-corrected chi connectivity index (χ2v) is 7.68. The van der Waals surface area contributed by atoms with E-state index >= 15 is 0 Å². The average Bonchev–Trinajstić information content (AvgIpc) is 2.59. The van der Waals surface area contributed by atoms with Crippen LogP contribution in [0.2, 0.25) is 5.02 Å². The normalized spacial score (nSPS) is 11.1. The van der Waals surface area contributed by atoms with Gasteiger partial charge in [0.1, 0.15) is 0 Å². The summed E-state index contributed by atoms with van der Waals surface area (Å²) in [5.74, 6) is -2.16. The highest BCUT2D eigenvalue weighted by Crippen LogP contribution is 2.25. The number of benzene rings is 2. The molecule has 0 fully saturated rings. The predicted molar refractivity (Wildman–Crippen MR) is 96.3 cm³/mol. The molecule has 2 N–H and O–H groups in total. The zero-order valence-electron chi connectivity index (χ0n) is 13.5. The van der Waals surface area contributed by atoms with Crippen LogP contribution in [0.5, 0.6) is 0 Å². The van der Waals surface area contributed by atoms with Gasteiger partial charge in [0, 0.05) is 18.0 Å². The van der Waals surface area contributed by atoms with Crippen molar-refractivity contribution < 1.29 is 28.2 Å². The Hall–Kier alpha value is -2.58. The maximum absolute atomic E-state index is 13.0. The highest BCUT2D eigenvalue weighted by molar-refractivity contribution is 7.92. The number of nitrogens with zero attached hydrogens (tertiary/aromatic N) is 1. The van der Waals surface area contributed by atoms with Crippen LogP contribution in [0.3, 0.4) is 0 Å². The van der Waals surface area contributed by atoms with E-state index in [9.17, 15) is 18.0 Å². The second-order valence-electron chi connectivity index (χ2n) is 5.38. The maximum Gasteiger partial charge on any atom is 0.335 e. The Morgan fingerprint density at radius 2 is 1.54 bits per heavy atom. The number of hydrogen-bond donors (Lipinski definition) is 2. The number of rotatable bonds is 8. The van der Waals surface area contributed by atoms with Crippen molar-refractivity contribution in [2.24, 2.45) is 0 Å². The van der Waals surface area contributed by atoms with Crippen molar-refractivity contribution in [3.63, 3.8) is 0 Å². The highest BCUT2D eigenvalue weighted by atomic mass is 35.5. The van der Waals surface area contributed by atoms with Crippen molar-refractivity contribution in [3.8, 4) is 0 Å². The van der Waals surface area contributed by atoms with Crippen molar-refractivity contribution in [1.29, 1.82) is 0 Å². The number of carbonyl (C=O) groups is 2. The van der Waals surface area contributed by atoms with E-state index in [1.165, 1.54) is 48.5 Å². The summed E-state index contributed by atoms with van der Waals surface area (Å²) in [5.41, 5.74) is 0.262. The molecule has 0 aromatic heterocycles. The summed E-state index contributed by atoms with van der Waals surface area (Å²) in [6.07, 6.45) is -0.0946. The smallest absolute Gasteiger partial charge is 0.335 e. The highest BCUT2D eigenvalue weighted by Gasteiger charge is 2.25. The molecule has 0 heterocycles. The van der Waals surface area contributed by atoms with Gasteiger partial charge in [-0.1, -0.05) is 11.6 Å². The minimum atomic E-state index is -3.97. The fraction of sp³-hybridized carbons (Fsp3) is 0.176. The summed E-state index contributed by atoms with van der Waals surface area (Å²) >= 11 is 5.79. The van der Waals surface area contributed by atoms with Crippen LogP contribution < -0.4 is 4.31 Å². The summed E-state index contributed by atoms with van der Waals surface area (Å²) in [5, 5.41) is 18.1. The Kier molecular flexibility index (Phi) is 6.23. The van der Waals surface area contributed by atoms with Gasteiger partial charge in [0.2, 0.25) is 0 Å². The first kappa shape index (κ1) is 19.7. The number of hydrogen-bond acceptors (Lipinski definition) is 4. The Labute approximate surface area is 155 Å². The molecule has 138 valence electrons. The molecule has 0 aliphatic carbocycles. The van der Waals surface area contributed by atoms with Crippen molar-refractivity contribution in [2.75, 3.05) is 10.8 Å². The predicted octanol–water partition coefficient (Wildman–Crippen LogP) is 3.10.